The van der Waals surface area contributed by atoms with E-state index in [2.05, 4.69) is 0 Å². The predicted molar refractivity (Wildman–Crippen MR) is 120 cm³/mol. The Kier molecular flexibility index (Phi) is 5.28. The Labute approximate surface area is 189 Å². The summed E-state index contributed by atoms with van der Waals surface area (Å²) in [5, 5.41) is 0.921. The average Bonchev–Trinajstić information content (AvgIpc) is 2.87. The van der Waals surface area contributed by atoms with Gasteiger partial charge in [-0.05, 0) is 61.6 Å². The quantitative estimate of drug-likeness (QED) is 0.442. The van der Waals surface area contributed by atoms with Crippen molar-refractivity contribution in [3.05, 3.63) is 68.6 Å². The van der Waals surface area contributed by atoms with E-state index in [0.717, 1.165) is 47.8 Å². The second-order valence-corrected chi connectivity index (χ2v) is 8.16. The van der Waals surface area contributed by atoms with Crippen LogP contribution in [0.15, 0.2) is 39.5 Å². The topological polar surface area (TPSA) is 95.3 Å². The van der Waals surface area contributed by atoms with Crippen LogP contribution < -0.4 is 15.3 Å². The first-order valence-corrected chi connectivity index (χ1v) is 10.8. The number of rotatable bonds is 3. The Balaban J connectivity index is 1.63. The fourth-order valence-corrected chi connectivity index (χ4v) is 4.69. The summed E-state index contributed by atoms with van der Waals surface area (Å²) in [6, 6.07) is 8.48. The van der Waals surface area contributed by atoms with E-state index >= 15 is 0 Å². The number of methoxy groups -OCH3 is 2. The summed E-state index contributed by atoms with van der Waals surface area (Å²) in [7, 11) is 2.60. The molecule has 5 rings (SSSR count). The van der Waals surface area contributed by atoms with Crippen molar-refractivity contribution in [2.45, 2.75) is 32.2 Å². The molecule has 2 aromatic carbocycles. The van der Waals surface area contributed by atoms with Crippen LogP contribution >= 0.6 is 0 Å². The smallest absolute Gasteiger partial charge is 0.339 e. The molecular weight excluding hydrogens is 426 g/mol. The third-order valence-electron chi connectivity index (χ3n) is 6.34. The Morgan fingerprint density at radius 2 is 1.70 bits per heavy atom. The van der Waals surface area contributed by atoms with Crippen LogP contribution in [-0.2, 0) is 28.9 Å². The van der Waals surface area contributed by atoms with Crippen LogP contribution in [0.2, 0.25) is 0 Å². The molecule has 33 heavy (non-hydrogen) atoms. The van der Waals surface area contributed by atoms with E-state index in [1.807, 2.05) is 12.1 Å². The second-order valence-electron chi connectivity index (χ2n) is 8.16. The molecule has 0 saturated heterocycles. The van der Waals surface area contributed by atoms with Gasteiger partial charge in [0.2, 0.25) is 0 Å². The first-order valence-electron chi connectivity index (χ1n) is 10.8. The maximum Gasteiger partial charge on any atom is 0.339 e. The molecule has 0 bridgehead atoms. The predicted octanol–water partition coefficient (Wildman–Crippen LogP) is 3.60. The molecule has 170 valence electrons. The molecule has 0 N–H and O–H groups in total. The molecule has 8 heteroatoms. The van der Waals surface area contributed by atoms with Crippen molar-refractivity contribution < 1.29 is 28.2 Å². The van der Waals surface area contributed by atoms with Crippen LogP contribution in [0.1, 0.15) is 50.2 Å². The average molecular weight is 449 g/mol. The first kappa shape index (κ1) is 21.1. The molecule has 1 aliphatic heterocycles. The van der Waals surface area contributed by atoms with Gasteiger partial charge >= 0.3 is 17.6 Å². The molecule has 2 aliphatic rings. The number of hydrogen-bond acceptors (Lipinski definition) is 8. The lowest BCUT2D eigenvalue weighted by atomic mass is 9.90. The lowest BCUT2D eigenvalue weighted by Crippen LogP contribution is -2.33. The first-order chi connectivity index (χ1) is 16.0. The van der Waals surface area contributed by atoms with E-state index in [4.69, 9.17) is 18.6 Å². The SMILES string of the molecule is COC(=O)c1ccc(C(=O)OC)c(N2COc3ccc4c5c(c(=O)oc4c3C2)CCCC5)c1. The molecule has 0 unspecified atom stereocenters. The summed E-state index contributed by atoms with van der Waals surface area (Å²) >= 11 is 0. The number of benzene rings is 2. The summed E-state index contributed by atoms with van der Waals surface area (Å²) in [6.07, 6.45) is 3.59. The molecular formula is C25H23NO7. The Morgan fingerprint density at radius 3 is 2.45 bits per heavy atom. The van der Waals surface area contributed by atoms with Gasteiger partial charge in [0.05, 0.1) is 43.1 Å². The number of nitrogens with zero attached hydrogens (tertiary/aromatic N) is 1. The maximum atomic E-state index is 12.7. The van der Waals surface area contributed by atoms with Gasteiger partial charge in [0.25, 0.3) is 0 Å². The van der Waals surface area contributed by atoms with Crippen molar-refractivity contribution in [3.8, 4) is 5.75 Å². The molecule has 1 aromatic heterocycles. The van der Waals surface area contributed by atoms with Crippen LogP contribution in [-0.4, -0.2) is 32.9 Å². The van der Waals surface area contributed by atoms with Gasteiger partial charge in [0.15, 0.2) is 6.73 Å². The van der Waals surface area contributed by atoms with Crippen molar-refractivity contribution in [1.29, 1.82) is 0 Å². The summed E-state index contributed by atoms with van der Waals surface area (Å²) < 4.78 is 21.5. The van der Waals surface area contributed by atoms with E-state index in [0.29, 0.717) is 29.1 Å². The van der Waals surface area contributed by atoms with Gasteiger partial charge in [-0.15, -0.1) is 0 Å². The zero-order valence-corrected chi connectivity index (χ0v) is 18.4. The minimum absolute atomic E-state index is 0.141. The van der Waals surface area contributed by atoms with Gasteiger partial charge in [-0.1, -0.05) is 0 Å². The summed E-state index contributed by atoms with van der Waals surface area (Å²) in [6.45, 7) is 0.464. The molecule has 3 aromatic rings. The highest BCUT2D eigenvalue weighted by Crippen LogP contribution is 2.37. The van der Waals surface area contributed by atoms with Crippen LogP contribution in [0.25, 0.3) is 11.0 Å². The molecule has 2 heterocycles. The number of aryl methyl sites for hydroxylation is 1. The van der Waals surface area contributed by atoms with Crippen molar-refractivity contribution in [2.24, 2.45) is 0 Å². The number of ether oxygens (including phenoxy) is 3. The Morgan fingerprint density at radius 1 is 0.939 bits per heavy atom. The number of fused-ring (bicyclic) bond motifs is 5. The second kappa shape index (κ2) is 8.27. The Hall–Kier alpha value is -3.81. The standard InChI is InChI=1S/C25H23NO7/c1-30-23(27)14-7-8-18(24(28)31-2)20(11-14)26-12-19-21(32-13-26)10-9-16-15-5-3-4-6-17(15)25(29)33-22(16)19/h7-11H,3-6,12-13H2,1-2H3. The minimum Gasteiger partial charge on any atom is -0.473 e. The highest BCUT2D eigenvalue weighted by Gasteiger charge is 2.28. The van der Waals surface area contributed by atoms with Gasteiger partial charge in [0.1, 0.15) is 11.3 Å². The fraction of sp³-hybridized carbons (Fsp3) is 0.320. The molecule has 0 atom stereocenters. The van der Waals surface area contributed by atoms with Crippen LogP contribution in [0.4, 0.5) is 5.69 Å². The number of esters is 2. The van der Waals surface area contributed by atoms with Crippen LogP contribution in [0.5, 0.6) is 5.75 Å². The van der Waals surface area contributed by atoms with Gasteiger partial charge < -0.3 is 23.5 Å². The normalized spacial score (nSPS) is 14.8. The zero-order valence-electron chi connectivity index (χ0n) is 18.4. The largest absolute Gasteiger partial charge is 0.473 e. The lowest BCUT2D eigenvalue weighted by Gasteiger charge is -2.32. The molecule has 0 radical (unpaired) electrons. The van der Waals surface area contributed by atoms with E-state index in [9.17, 15) is 14.4 Å². The molecule has 8 nitrogen and oxygen atoms in total. The van der Waals surface area contributed by atoms with Crippen molar-refractivity contribution >= 4 is 28.6 Å². The van der Waals surface area contributed by atoms with Gasteiger partial charge in [-0.25, -0.2) is 14.4 Å². The van der Waals surface area contributed by atoms with Gasteiger partial charge in [-0.3, -0.25) is 0 Å². The monoisotopic (exact) mass is 449 g/mol. The summed E-state index contributed by atoms with van der Waals surface area (Å²) in [5.41, 5.74) is 3.80. The minimum atomic E-state index is -0.536. The van der Waals surface area contributed by atoms with Crippen LogP contribution in [0, 0.1) is 0 Å². The number of carbonyl (C=O) groups is 2. The molecule has 0 amide bonds. The van der Waals surface area contributed by atoms with E-state index in [1.54, 1.807) is 11.0 Å². The fourth-order valence-electron chi connectivity index (χ4n) is 4.69. The number of anilines is 1. The maximum absolute atomic E-state index is 12.7. The Bertz CT molecular complexity index is 1340. The van der Waals surface area contributed by atoms with Crippen molar-refractivity contribution in [1.82, 2.24) is 0 Å². The van der Waals surface area contributed by atoms with E-state index in [1.165, 1.54) is 26.4 Å². The zero-order chi connectivity index (χ0) is 23.1. The number of carbonyl (C=O) groups excluding carboxylic acids is 2. The van der Waals surface area contributed by atoms with Crippen LogP contribution in [0.3, 0.4) is 0 Å². The van der Waals surface area contributed by atoms with E-state index < -0.39 is 11.9 Å². The molecule has 1 aliphatic carbocycles. The summed E-state index contributed by atoms with van der Waals surface area (Å²) in [5.74, 6) is -0.429. The lowest BCUT2D eigenvalue weighted by molar-refractivity contribution is 0.0587. The molecule has 0 spiro atoms. The van der Waals surface area contributed by atoms with Crippen molar-refractivity contribution in [2.75, 3.05) is 25.9 Å². The van der Waals surface area contributed by atoms with Crippen molar-refractivity contribution in [3.63, 3.8) is 0 Å². The highest BCUT2D eigenvalue weighted by atomic mass is 16.5. The molecule has 0 saturated carbocycles. The third-order valence-corrected chi connectivity index (χ3v) is 6.34. The van der Waals surface area contributed by atoms with Gasteiger partial charge in [0, 0.05) is 10.9 Å². The highest BCUT2D eigenvalue weighted by molar-refractivity contribution is 5.99. The molecule has 0 fully saturated rings. The summed E-state index contributed by atoms with van der Waals surface area (Å²) in [4.78, 5) is 39.1. The number of hydrogen-bond donors (Lipinski definition) is 0. The third kappa shape index (κ3) is 3.51. The van der Waals surface area contributed by atoms with Gasteiger partial charge in [-0.2, -0.15) is 0 Å². The van der Waals surface area contributed by atoms with E-state index in [-0.39, 0.29) is 17.9 Å².